The topological polar surface area (TPSA) is 68.2 Å². The maximum Gasteiger partial charge on any atom is 0.320 e. The number of aromatic nitrogens is 1. The molecule has 1 aromatic carbocycles. The van der Waals surface area contributed by atoms with Crippen LogP contribution in [0.25, 0.3) is 10.9 Å². The SMILES string of the molecule is N[C@H](Cc1cn(F)c2ccccc12)C(=O)O. The van der Waals surface area contributed by atoms with Crippen LogP contribution in [-0.2, 0) is 11.2 Å². The first-order valence-electron chi connectivity index (χ1n) is 4.83. The number of rotatable bonds is 3. The first-order chi connectivity index (χ1) is 7.59. The van der Waals surface area contributed by atoms with Crippen molar-refractivity contribution < 1.29 is 14.4 Å². The van der Waals surface area contributed by atoms with Gasteiger partial charge in [0.15, 0.2) is 0 Å². The molecule has 0 amide bonds. The van der Waals surface area contributed by atoms with Crippen molar-refractivity contribution >= 4 is 16.9 Å². The van der Waals surface area contributed by atoms with Gasteiger partial charge in [-0.1, -0.05) is 22.7 Å². The molecule has 4 nitrogen and oxygen atoms in total. The van der Waals surface area contributed by atoms with E-state index in [1.54, 1.807) is 24.3 Å². The van der Waals surface area contributed by atoms with Crippen molar-refractivity contribution in [1.82, 2.24) is 4.79 Å². The molecule has 1 atom stereocenters. The summed E-state index contributed by atoms with van der Waals surface area (Å²) in [5.74, 6) is -1.09. The highest BCUT2D eigenvalue weighted by Crippen LogP contribution is 2.22. The van der Waals surface area contributed by atoms with E-state index in [9.17, 15) is 9.28 Å². The summed E-state index contributed by atoms with van der Waals surface area (Å²) < 4.78 is 13.4. The van der Waals surface area contributed by atoms with Gasteiger partial charge in [-0.15, -0.1) is 0 Å². The Bertz CT molecular complexity index is 536. The highest BCUT2D eigenvalue weighted by Gasteiger charge is 2.16. The summed E-state index contributed by atoms with van der Waals surface area (Å²) in [4.78, 5) is 11.1. The van der Waals surface area contributed by atoms with Crippen LogP contribution in [0.2, 0.25) is 0 Å². The Morgan fingerprint density at radius 1 is 1.50 bits per heavy atom. The quantitative estimate of drug-likeness (QED) is 0.823. The molecule has 0 aliphatic heterocycles. The molecule has 5 heteroatoms. The number of nitrogens with two attached hydrogens (primary N) is 1. The minimum atomic E-state index is -1.09. The van der Waals surface area contributed by atoms with E-state index in [1.807, 2.05) is 0 Å². The van der Waals surface area contributed by atoms with Crippen LogP contribution in [0, 0.1) is 0 Å². The number of carbonyl (C=O) groups is 1. The van der Waals surface area contributed by atoms with Gasteiger partial charge in [0.1, 0.15) is 6.04 Å². The lowest BCUT2D eigenvalue weighted by molar-refractivity contribution is -0.138. The summed E-state index contributed by atoms with van der Waals surface area (Å²) in [6.45, 7) is 0. The van der Waals surface area contributed by atoms with Crippen molar-refractivity contribution in [2.24, 2.45) is 5.73 Å². The van der Waals surface area contributed by atoms with Crippen molar-refractivity contribution in [2.45, 2.75) is 12.5 Å². The monoisotopic (exact) mass is 222 g/mol. The largest absolute Gasteiger partial charge is 0.480 e. The van der Waals surface area contributed by atoms with E-state index >= 15 is 0 Å². The Hall–Kier alpha value is -1.88. The van der Waals surface area contributed by atoms with Crippen molar-refractivity contribution in [3.05, 3.63) is 36.0 Å². The molecule has 16 heavy (non-hydrogen) atoms. The molecule has 0 fully saturated rings. The molecule has 0 aliphatic rings. The van der Waals surface area contributed by atoms with Crippen molar-refractivity contribution in [3.8, 4) is 0 Å². The summed E-state index contributed by atoms with van der Waals surface area (Å²) in [6.07, 6.45) is 1.39. The maximum atomic E-state index is 13.4. The minimum Gasteiger partial charge on any atom is -0.480 e. The van der Waals surface area contributed by atoms with E-state index in [-0.39, 0.29) is 6.42 Å². The van der Waals surface area contributed by atoms with Crippen molar-refractivity contribution in [3.63, 3.8) is 0 Å². The molecule has 0 saturated carbocycles. The molecule has 84 valence electrons. The van der Waals surface area contributed by atoms with Crippen LogP contribution in [0.3, 0.4) is 0 Å². The number of halogens is 1. The number of carboxylic acids is 1. The molecule has 3 N–H and O–H groups in total. The van der Waals surface area contributed by atoms with Crippen LogP contribution in [-0.4, -0.2) is 21.9 Å². The van der Waals surface area contributed by atoms with Crippen molar-refractivity contribution in [1.29, 1.82) is 0 Å². The average molecular weight is 222 g/mol. The van der Waals surface area contributed by atoms with E-state index in [0.717, 1.165) is 0 Å². The maximum absolute atomic E-state index is 13.4. The zero-order chi connectivity index (χ0) is 11.7. The molecule has 0 unspecified atom stereocenters. The predicted molar refractivity (Wildman–Crippen MR) is 57.8 cm³/mol. The predicted octanol–water partition coefficient (Wildman–Crippen LogP) is 1.33. The van der Waals surface area contributed by atoms with Crippen LogP contribution in [0.15, 0.2) is 30.5 Å². The van der Waals surface area contributed by atoms with Crippen LogP contribution in [0.1, 0.15) is 5.56 Å². The molecule has 0 saturated heterocycles. The summed E-state index contributed by atoms with van der Waals surface area (Å²) in [6, 6.07) is 5.86. The highest BCUT2D eigenvalue weighted by atomic mass is 19.2. The Kier molecular flexibility index (Phi) is 2.62. The van der Waals surface area contributed by atoms with Gasteiger partial charge >= 0.3 is 5.97 Å². The van der Waals surface area contributed by atoms with E-state index in [2.05, 4.69) is 0 Å². The van der Waals surface area contributed by atoms with Gasteiger partial charge in [0.25, 0.3) is 0 Å². The van der Waals surface area contributed by atoms with E-state index < -0.39 is 12.0 Å². The van der Waals surface area contributed by atoms with Crippen LogP contribution in [0.4, 0.5) is 4.48 Å². The summed E-state index contributed by atoms with van der Waals surface area (Å²) in [5.41, 5.74) is 6.45. The fourth-order valence-corrected chi connectivity index (χ4v) is 1.69. The standard InChI is InChI=1S/C11H11FN2O2/c12-14-6-7(5-9(13)11(15)16)8-3-1-2-4-10(8)14/h1-4,6,9H,5,13H2,(H,15,16)/t9-/m1/s1. The molecule has 0 aliphatic carbocycles. The second-order valence-corrected chi connectivity index (χ2v) is 3.63. The molecule has 1 aromatic heterocycles. The second-order valence-electron chi connectivity index (χ2n) is 3.63. The molecule has 0 spiro atoms. The number of nitrogens with zero attached hydrogens (tertiary/aromatic N) is 1. The van der Waals surface area contributed by atoms with Gasteiger partial charge in [0.2, 0.25) is 0 Å². The number of hydrogen-bond acceptors (Lipinski definition) is 2. The Morgan fingerprint density at radius 2 is 2.19 bits per heavy atom. The number of hydrogen-bond donors (Lipinski definition) is 2. The van der Waals surface area contributed by atoms with Crippen LogP contribution < -0.4 is 5.73 Å². The number of carboxylic acid groups (broad SMARTS) is 1. The van der Waals surface area contributed by atoms with Gasteiger partial charge < -0.3 is 10.8 Å². The number of benzene rings is 1. The summed E-state index contributed by atoms with van der Waals surface area (Å²) in [5, 5.41) is 9.39. The molecular weight excluding hydrogens is 211 g/mol. The van der Waals surface area contributed by atoms with Crippen molar-refractivity contribution in [2.75, 3.05) is 0 Å². The normalized spacial score (nSPS) is 12.9. The Morgan fingerprint density at radius 3 is 2.88 bits per heavy atom. The average Bonchev–Trinajstić information content (AvgIpc) is 2.57. The minimum absolute atomic E-state index is 0.118. The fourth-order valence-electron chi connectivity index (χ4n) is 1.69. The second kappa shape index (κ2) is 3.94. The van der Waals surface area contributed by atoms with E-state index in [1.165, 1.54) is 6.20 Å². The molecular formula is C11H11FN2O2. The number of aliphatic carboxylic acids is 1. The lowest BCUT2D eigenvalue weighted by Gasteiger charge is -2.04. The van der Waals surface area contributed by atoms with Crippen LogP contribution in [0.5, 0.6) is 0 Å². The zero-order valence-electron chi connectivity index (χ0n) is 8.43. The summed E-state index contributed by atoms with van der Waals surface area (Å²) >= 11 is 0. The van der Waals surface area contributed by atoms with Gasteiger partial charge in [0.05, 0.1) is 5.52 Å². The number of para-hydroxylation sites is 1. The number of fused-ring (bicyclic) bond motifs is 1. The zero-order valence-corrected chi connectivity index (χ0v) is 8.43. The van der Waals surface area contributed by atoms with E-state index in [4.69, 9.17) is 10.8 Å². The Balaban J connectivity index is 2.42. The Labute approximate surface area is 91.0 Å². The highest BCUT2D eigenvalue weighted by molar-refractivity contribution is 5.84. The third-order valence-corrected chi connectivity index (χ3v) is 2.51. The van der Waals surface area contributed by atoms with Crippen LogP contribution >= 0.6 is 0 Å². The molecule has 2 rings (SSSR count). The first kappa shape index (κ1) is 10.6. The first-order valence-corrected chi connectivity index (χ1v) is 4.83. The smallest absolute Gasteiger partial charge is 0.320 e. The van der Waals surface area contributed by atoms with Gasteiger partial charge in [-0.25, -0.2) is 0 Å². The molecule has 1 heterocycles. The molecule has 0 bridgehead atoms. The third-order valence-electron chi connectivity index (χ3n) is 2.51. The molecule has 0 radical (unpaired) electrons. The lowest BCUT2D eigenvalue weighted by Crippen LogP contribution is -2.32. The fraction of sp³-hybridized carbons (Fsp3) is 0.182. The van der Waals surface area contributed by atoms with Gasteiger partial charge in [0, 0.05) is 18.0 Å². The third kappa shape index (κ3) is 1.77. The van der Waals surface area contributed by atoms with E-state index in [0.29, 0.717) is 21.3 Å². The van der Waals surface area contributed by atoms with Gasteiger partial charge in [-0.2, -0.15) is 4.79 Å². The lowest BCUT2D eigenvalue weighted by atomic mass is 10.1. The molecule has 2 aromatic rings. The summed E-state index contributed by atoms with van der Waals surface area (Å²) in [7, 11) is 0. The van der Waals surface area contributed by atoms with Gasteiger partial charge in [-0.3, -0.25) is 4.79 Å². The van der Waals surface area contributed by atoms with Gasteiger partial charge in [-0.05, 0) is 11.6 Å².